The van der Waals surface area contributed by atoms with Crippen molar-refractivity contribution >= 4 is 17.6 Å². The fourth-order valence-electron chi connectivity index (χ4n) is 4.12. The molecule has 0 aliphatic carbocycles. The number of amides is 2. The van der Waals surface area contributed by atoms with Crippen molar-refractivity contribution < 1.29 is 29.3 Å². The fraction of sp³-hybridized carbons (Fsp3) is 0.444. The summed E-state index contributed by atoms with van der Waals surface area (Å²) in [5.74, 6) is -1.62. The molecule has 0 saturated carbocycles. The van der Waals surface area contributed by atoms with Gasteiger partial charge in [0, 0.05) is 12.3 Å². The van der Waals surface area contributed by atoms with Gasteiger partial charge >= 0.3 is 0 Å². The number of ketones is 1. The van der Waals surface area contributed by atoms with Crippen LogP contribution in [0.4, 0.5) is 0 Å². The number of aliphatic hydroxyl groups is 2. The zero-order valence-corrected chi connectivity index (χ0v) is 20.1. The van der Waals surface area contributed by atoms with Gasteiger partial charge in [0.15, 0.2) is 11.4 Å². The number of rotatable bonds is 13. The second-order valence-corrected chi connectivity index (χ2v) is 9.38. The van der Waals surface area contributed by atoms with E-state index in [9.17, 15) is 24.6 Å². The predicted molar refractivity (Wildman–Crippen MR) is 131 cm³/mol. The van der Waals surface area contributed by atoms with Gasteiger partial charge in [0.1, 0.15) is 6.04 Å². The van der Waals surface area contributed by atoms with Crippen molar-refractivity contribution in [3.05, 3.63) is 71.8 Å². The first-order valence-corrected chi connectivity index (χ1v) is 11.9. The average molecular weight is 483 g/mol. The lowest BCUT2D eigenvalue weighted by molar-refractivity contribution is -0.134. The van der Waals surface area contributed by atoms with Gasteiger partial charge in [-0.15, -0.1) is 0 Å². The van der Waals surface area contributed by atoms with Gasteiger partial charge in [-0.3, -0.25) is 14.4 Å². The molecule has 8 heteroatoms. The fourth-order valence-corrected chi connectivity index (χ4v) is 4.12. The molecule has 2 aromatic rings. The molecule has 4 N–H and O–H groups in total. The first-order chi connectivity index (χ1) is 16.8. The Bertz CT molecular complexity index is 952. The quantitative estimate of drug-likeness (QED) is 0.321. The second kappa shape index (κ2) is 12.1. The summed E-state index contributed by atoms with van der Waals surface area (Å²) in [6, 6.07) is 17.1. The Labute approximate surface area is 205 Å². The number of hydrogen-bond acceptors (Lipinski definition) is 6. The van der Waals surface area contributed by atoms with Crippen LogP contribution in [0.1, 0.15) is 43.7 Å². The van der Waals surface area contributed by atoms with Crippen molar-refractivity contribution in [2.75, 3.05) is 19.8 Å². The van der Waals surface area contributed by atoms with Crippen LogP contribution in [0.2, 0.25) is 0 Å². The number of hydrogen-bond donors (Lipinski definition) is 4. The highest BCUT2D eigenvalue weighted by Gasteiger charge is 2.54. The molecule has 0 bridgehead atoms. The molecule has 0 spiro atoms. The molecule has 2 amide bonds. The lowest BCUT2D eigenvalue weighted by Gasteiger charge is -2.25. The van der Waals surface area contributed by atoms with Crippen molar-refractivity contribution in [1.29, 1.82) is 0 Å². The largest absolute Gasteiger partial charge is 0.394 e. The van der Waals surface area contributed by atoms with E-state index in [0.717, 1.165) is 11.1 Å². The van der Waals surface area contributed by atoms with Crippen LogP contribution >= 0.6 is 0 Å². The number of ether oxygens (including phenoxy) is 1. The Hall–Kier alpha value is -3.07. The van der Waals surface area contributed by atoms with E-state index < -0.39 is 48.5 Å². The molecule has 1 unspecified atom stereocenters. The highest BCUT2D eigenvalue weighted by molar-refractivity contribution is 5.98. The number of carbonyl (C=O) groups excluding carboxylic acids is 3. The maximum atomic E-state index is 13.0. The Balaban J connectivity index is 1.69. The average Bonchev–Trinajstić information content (AvgIpc) is 3.67. The molecule has 0 aromatic heterocycles. The van der Waals surface area contributed by atoms with Gasteiger partial charge in [-0.2, -0.15) is 0 Å². The van der Waals surface area contributed by atoms with Crippen LogP contribution in [0.3, 0.4) is 0 Å². The topological polar surface area (TPSA) is 128 Å². The molecule has 1 aliphatic rings. The van der Waals surface area contributed by atoms with Crippen molar-refractivity contribution in [3.8, 4) is 0 Å². The molecular formula is C27H34N2O6. The summed E-state index contributed by atoms with van der Waals surface area (Å²) in [7, 11) is 0. The maximum Gasteiger partial charge on any atom is 0.245 e. The number of epoxide rings is 1. The van der Waals surface area contributed by atoms with E-state index in [1.807, 2.05) is 74.5 Å². The van der Waals surface area contributed by atoms with E-state index in [1.165, 1.54) is 0 Å². The summed E-state index contributed by atoms with van der Waals surface area (Å²) in [5, 5.41) is 24.6. The normalized spacial score (nSPS) is 18.7. The molecule has 2 aromatic carbocycles. The Morgan fingerprint density at radius 1 is 0.914 bits per heavy atom. The standard InChI is InChI=1S/C27H34N2O6/c1-18(2)13-22(25(33)27(16-31)17-35-27)29-26(34)23(15-30)28-24(32)14-21(19-9-5-3-6-10-19)20-11-7-4-8-12-20/h3-12,18,21-23,30-31H,13-17H2,1-2H3,(H,28,32)(H,29,34)/t22-,23-,27?/m0/s1. The Morgan fingerprint density at radius 2 is 1.46 bits per heavy atom. The van der Waals surface area contributed by atoms with Crippen molar-refractivity contribution in [2.24, 2.45) is 5.92 Å². The number of carbonyl (C=O) groups is 3. The lowest BCUT2D eigenvalue weighted by atomic mass is 9.88. The molecular weight excluding hydrogens is 448 g/mol. The molecule has 1 heterocycles. The van der Waals surface area contributed by atoms with Crippen LogP contribution in [0.5, 0.6) is 0 Å². The molecule has 35 heavy (non-hydrogen) atoms. The maximum absolute atomic E-state index is 13.0. The molecule has 1 saturated heterocycles. The smallest absolute Gasteiger partial charge is 0.245 e. The van der Waals surface area contributed by atoms with Gasteiger partial charge in [-0.25, -0.2) is 0 Å². The zero-order chi connectivity index (χ0) is 25.4. The molecule has 188 valence electrons. The second-order valence-electron chi connectivity index (χ2n) is 9.38. The summed E-state index contributed by atoms with van der Waals surface area (Å²) >= 11 is 0. The highest BCUT2D eigenvalue weighted by atomic mass is 16.6. The van der Waals surface area contributed by atoms with Crippen molar-refractivity contribution in [3.63, 3.8) is 0 Å². The number of aliphatic hydroxyl groups excluding tert-OH is 2. The summed E-state index contributed by atoms with van der Waals surface area (Å²) in [5.41, 5.74) is 0.643. The van der Waals surface area contributed by atoms with Crippen molar-refractivity contribution in [1.82, 2.24) is 10.6 Å². The minimum atomic E-state index is -1.27. The van der Waals surface area contributed by atoms with Crippen LogP contribution in [-0.4, -0.2) is 65.3 Å². The zero-order valence-electron chi connectivity index (χ0n) is 20.1. The van der Waals surface area contributed by atoms with Crippen LogP contribution in [-0.2, 0) is 19.1 Å². The van der Waals surface area contributed by atoms with Crippen LogP contribution in [0.15, 0.2) is 60.7 Å². The number of benzene rings is 2. The van der Waals surface area contributed by atoms with Gasteiger partial charge in [-0.05, 0) is 23.5 Å². The number of Topliss-reactive ketones (excluding diaryl/α,β-unsaturated/α-hetero) is 1. The third-order valence-electron chi connectivity index (χ3n) is 6.17. The Morgan fingerprint density at radius 3 is 1.89 bits per heavy atom. The van der Waals surface area contributed by atoms with Gasteiger partial charge in [0.25, 0.3) is 0 Å². The van der Waals surface area contributed by atoms with Gasteiger partial charge in [0.2, 0.25) is 11.8 Å². The SMILES string of the molecule is CC(C)C[C@H](NC(=O)[C@H](CO)NC(=O)CC(c1ccccc1)c1ccccc1)C(=O)C1(CO)CO1. The summed E-state index contributed by atoms with van der Waals surface area (Å²) < 4.78 is 5.16. The van der Waals surface area contributed by atoms with Gasteiger partial charge in [0.05, 0.1) is 25.9 Å². The third kappa shape index (κ3) is 6.97. The minimum absolute atomic E-state index is 0.0770. The van der Waals surface area contributed by atoms with Gasteiger partial charge in [-0.1, -0.05) is 74.5 Å². The van der Waals surface area contributed by atoms with E-state index in [4.69, 9.17) is 4.74 Å². The monoisotopic (exact) mass is 482 g/mol. The molecule has 1 aliphatic heterocycles. The van der Waals surface area contributed by atoms with E-state index in [-0.39, 0.29) is 24.9 Å². The first-order valence-electron chi connectivity index (χ1n) is 11.9. The molecule has 3 atom stereocenters. The number of nitrogens with one attached hydrogen (secondary N) is 2. The predicted octanol–water partition coefficient (Wildman–Crippen LogP) is 1.55. The van der Waals surface area contributed by atoms with E-state index in [0.29, 0.717) is 6.42 Å². The van der Waals surface area contributed by atoms with Crippen LogP contribution in [0, 0.1) is 5.92 Å². The van der Waals surface area contributed by atoms with E-state index >= 15 is 0 Å². The Kier molecular flexibility index (Phi) is 9.14. The summed E-state index contributed by atoms with van der Waals surface area (Å²) in [4.78, 5) is 38.8. The van der Waals surface area contributed by atoms with Gasteiger partial charge < -0.3 is 25.6 Å². The molecule has 8 nitrogen and oxygen atoms in total. The summed E-state index contributed by atoms with van der Waals surface area (Å²) in [6.07, 6.45) is 0.416. The van der Waals surface area contributed by atoms with E-state index in [1.54, 1.807) is 0 Å². The minimum Gasteiger partial charge on any atom is -0.394 e. The molecule has 0 radical (unpaired) electrons. The van der Waals surface area contributed by atoms with Crippen molar-refractivity contribution in [2.45, 2.75) is 50.3 Å². The summed E-state index contributed by atoms with van der Waals surface area (Å²) in [6.45, 7) is 2.84. The van der Waals surface area contributed by atoms with E-state index in [2.05, 4.69) is 10.6 Å². The van der Waals surface area contributed by atoms with Crippen LogP contribution in [0.25, 0.3) is 0 Å². The highest BCUT2D eigenvalue weighted by Crippen LogP contribution is 2.30. The van der Waals surface area contributed by atoms with Crippen LogP contribution < -0.4 is 10.6 Å². The third-order valence-corrected chi connectivity index (χ3v) is 6.17. The lowest BCUT2D eigenvalue weighted by Crippen LogP contribution is -2.55. The molecule has 3 rings (SSSR count). The first kappa shape index (κ1) is 26.5. The molecule has 1 fully saturated rings.